The molecule has 2 rings (SSSR count). The van der Waals surface area contributed by atoms with E-state index in [9.17, 15) is 0 Å². The molecule has 0 aliphatic carbocycles. The Bertz CT molecular complexity index is 584. The Hall–Kier alpha value is -1.52. The normalized spacial score (nSPS) is 12.2. The van der Waals surface area contributed by atoms with Gasteiger partial charge in [0.05, 0.1) is 17.4 Å². The zero-order valence-corrected chi connectivity index (χ0v) is 12.1. The van der Waals surface area contributed by atoms with Gasteiger partial charge in [-0.05, 0) is 43.1 Å². The Labute approximate surface area is 122 Å². The fourth-order valence-corrected chi connectivity index (χ4v) is 2.03. The fraction of sp³-hybridized carbons (Fsp3) is 0.231. The van der Waals surface area contributed by atoms with E-state index < -0.39 is 0 Å². The van der Waals surface area contributed by atoms with Crippen molar-refractivity contribution >= 4 is 34.7 Å². The van der Waals surface area contributed by atoms with E-state index in [1.165, 1.54) is 0 Å². The average molecular weight is 297 g/mol. The van der Waals surface area contributed by atoms with Gasteiger partial charge in [0, 0.05) is 5.02 Å². The molecule has 1 aromatic heterocycles. The van der Waals surface area contributed by atoms with Crippen LogP contribution in [0.25, 0.3) is 0 Å². The number of aryl methyl sites for hydroxylation is 1. The smallest absolute Gasteiger partial charge is 0.224 e. The standard InChI is InChI=1S/C13H14Cl2N4/c1-7(9-3-5-10(14)6-4-9)17-12-11(16)8(2)18-13(15)19-12/h3-7H,16H2,1-2H3,(H,17,18,19). The van der Waals surface area contributed by atoms with Gasteiger partial charge in [-0.15, -0.1) is 0 Å². The van der Waals surface area contributed by atoms with Gasteiger partial charge in [0.15, 0.2) is 5.82 Å². The highest BCUT2D eigenvalue weighted by molar-refractivity contribution is 6.30. The second-order valence-corrected chi connectivity index (χ2v) is 5.03. The van der Waals surface area contributed by atoms with Crippen molar-refractivity contribution in [3.05, 3.63) is 45.8 Å². The second-order valence-electron chi connectivity index (χ2n) is 4.26. The van der Waals surface area contributed by atoms with E-state index in [2.05, 4.69) is 15.3 Å². The first-order valence-electron chi connectivity index (χ1n) is 5.79. The van der Waals surface area contributed by atoms with Gasteiger partial charge in [0.25, 0.3) is 0 Å². The first kappa shape index (κ1) is 13.9. The summed E-state index contributed by atoms with van der Waals surface area (Å²) < 4.78 is 0. The van der Waals surface area contributed by atoms with Gasteiger partial charge in [-0.2, -0.15) is 4.98 Å². The van der Waals surface area contributed by atoms with Crippen LogP contribution < -0.4 is 11.1 Å². The number of nitrogens with zero attached hydrogens (tertiary/aromatic N) is 2. The maximum Gasteiger partial charge on any atom is 0.224 e. The quantitative estimate of drug-likeness (QED) is 0.845. The molecule has 0 saturated carbocycles. The zero-order valence-electron chi connectivity index (χ0n) is 10.6. The molecule has 3 N–H and O–H groups in total. The van der Waals surface area contributed by atoms with Crippen LogP contribution in [0.1, 0.15) is 24.2 Å². The van der Waals surface area contributed by atoms with Crippen LogP contribution >= 0.6 is 23.2 Å². The number of benzene rings is 1. The molecule has 0 aliphatic heterocycles. The van der Waals surface area contributed by atoms with Crippen molar-refractivity contribution in [1.29, 1.82) is 0 Å². The number of nitrogen functional groups attached to an aromatic ring is 1. The number of nitrogens with one attached hydrogen (secondary N) is 1. The van der Waals surface area contributed by atoms with Crippen LogP contribution in [0.15, 0.2) is 24.3 Å². The van der Waals surface area contributed by atoms with Crippen molar-refractivity contribution in [2.75, 3.05) is 11.1 Å². The highest BCUT2D eigenvalue weighted by atomic mass is 35.5. The molecule has 0 fully saturated rings. The molecule has 1 unspecified atom stereocenters. The minimum absolute atomic E-state index is 0.0323. The van der Waals surface area contributed by atoms with E-state index in [4.69, 9.17) is 28.9 Å². The molecule has 0 saturated heterocycles. The van der Waals surface area contributed by atoms with Gasteiger partial charge in [0.2, 0.25) is 5.28 Å². The summed E-state index contributed by atoms with van der Waals surface area (Å²) >= 11 is 11.7. The van der Waals surface area contributed by atoms with E-state index in [1.807, 2.05) is 31.2 Å². The molecule has 2 aromatic rings. The van der Waals surface area contributed by atoms with Crippen molar-refractivity contribution in [2.45, 2.75) is 19.9 Å². The molecule has 100 valence electrons. The number of nitrogens with two attached hydrogens (primary N) is 1. The minimum Gasteiger partial charge on any atom is -0.394 e. The monoisotopic (exact) mass is 296 g/mol. The van der Waals surface area contributed by atoms with Gasteiger partial charge in [0.1, 0.15) is 0 Å². The lowest BCUT2D eigenvalue weighted by atomic mass is 10.1. The largest absolute Gasteiger partial charge is 0.394 e. The first-order chi connectivity index (χ1) is 8.97. The van der Waals surface area contributed by atoms with Crippen molar-refractivity contribution in [1.82, 2.24) is 9.97 Å². The van der Waals surface area contributed by atoms with Crippen LogP contribution in [0.2, 0.25) is 10.3 Å². The predicted octanol–water partition coefficient (Wildman–Crippen LogP) is 3.85. The van der Waals surface area contributed by atoms with Crippen molar-refractivity contribution < 1.29 is 0 Å². The van der Waals surface area contributed by atoms with E-state index in [-0.39, 0.29) is 11.3 Å². The number of hydrogen-bond acceptors (Lipinski definition) is 4. The Morgan fingerprint density at radius 3 is 2.42 bits per heavy atom. The van der Waals surface area contributed by atoms with E-state index in [0.717, 1.165) is 5.56 Å². The average Bonchev–Trinajstić information content (AvgIpc) is 2.36. The Balaban J connectivity index is 2.23. The van der Waals surface area contributed by atoms with Crippen molar-refractivity contribution in [3.8, 4) is 0 Å². The molecule has 1 aromatic carbocycles. The number of hydrogen-bond donors (Lipinski definition) is 2. The maximum absolute atomic E-state index is 5.93. The summed E-state index contributed by atoms with van der Waals surface area (Å²) in [6.45, 7) is 3.80. The summed E-state index contributed by atoms with van der Waals surface area (Å²) in [7, 11) is 0. The van der Waals surface area contributed by atoms with Gasteiger partial charge in [-0.3, -0.25) is 0 Å². The molecule has 19 heavy (non-hydrogen) atoms. The summed E-state index contributed by atoms with van der Waals surface area (Å²) in [4.78, 5) is 8.11. The fourth-order valence-electron chi connectivity index (χ4n) is 1.70. The SMILES string of the molecule is Cc1nc(Cl)nc(NC(C)c2ccc(Cl)cc2)c1N. The van der Waals surface area contributed by atoms with Crippen LogP contribution in [0, 0.1) is 6.92 Å². The molecule has 0 bridgehead atoms. The summed E-state index contributed by atoms with van der Waals surface area (Å²) in [5.74, 6) is 0.542. The van der Waals surface area contributed by atoms with Crippen LogP contribution in [-0.2, 0) is 0 Å². The molecular formula is C13H14Cl2N4. The molecule has 0 radical (unpaired) electrons. The zero-order chi connectivity index (χ0) is 14.0. The lowest BCUT2D eigenvalue weighted by Crippen LogP contribution is -2.11. The van der Waals surface area contributed by atoms with E-state index in [1.54, 1.807) is 6.92 Å². The first-order valence-corrected chi connectivity index (χ1v) is 6.54. The predicted molar refractivity (Wildman–Crippen MR) is 79.7 cm³/mol. The highest BCUT2D eigenvalue weighted by Crippen LogP contribution is 2.25. The second kappa shape index (κ2) is 5.63. The molecule has 0 amide bonds. The third kappa shape index (κ3) is 3.28. The molecule has 4 nitrogen and oxygen atoms in total. The molecule has 1 atom stereocenters. The molecule has 6 heteroatoms. The molecule has 1 heterocycles. The van der Waals surface area contributed by atoms with Crippen LogP contribution in [-0.4, -0.2) is 9.97 Å². The summed E-state index contributed by atoms with van der Waals surface area (Å²) in [5.41, 5.74) is 8.18. The van der Waals surface area contributed by atoms with E-state index in [0.29, 0.717) is 22.2 Å². The third-order valence-corrected chi connectivity index (χ3v) is 3.25. The summed E-state index contributed by atoms with van der Waals surface area (Å²) in [6, 6.07) is 7.62. The van der Waals surface area contributed by atoms with Gasteiger partial charge >= 0.3 is 0 Å². The van der Waals surface area contributed by atoms with Gasteiger partial charge in [-0.25, -0.2) is 4.98 Å². The minimum atomic E-state index is 0.0323. The lowest BCUT2D eigenvalue weighted by Gasteiger charge is -2.17. The lowest BCUT2D eigenvalue weighted by molar-refractivity contribution is 0.871. The molecular weight excluding hydrogens is 283 g/mol. The number of anilines is 2. The summed E-state index contributed by atoms with van der Waals surface area (Å²) in [5, 5.41) is 4.11. The highest BCUT2D eigenvalue weighted by Gasteiger charge is 2.11. The Morgan fingerprint density at radius 2 is 1.79 bits per heavy atom. The van der Waals surface area contributed by atoms with Crippen molar-refractivity contribution in [3.63, 3.8) is 0 Å². The number of rotatable bonds is 3. The number of halogens is 2. The molecule has 0 aliphatic rings. The van der Waals surface area contributed by atoms with Crippen LogP contribution in [0.3, 0.4) is 0 Å². The Morgan fingerprint density at radius 1 is 1.16 bits per heavy atom. The maximum atomic E-state index is 5.93. The Kier molecular flexibility index (Phi) is 4.12. The summed E-state index contributed by atoms with van der Waals surface area (Å²) in [6.07, 6.45) is 0. The van der Waals surface area contributed by atoms with Crippen LogP contribution in [0.5, 0.6) is 0 Å². The van der Waals surface area contributed by atoms with Gasteiger partial charge in [-0.1, -0.05) is 23.7 Å². The third-order valence-electron chi connectivity index (χ3n) is 2.83. The van der Waals surface area contributed by atoms with Crippen LogP contribution in [0.4, 0.5) is 11.5 Å². The number of aromatic nitrogens is 2. The van der Waals surface area contributed by atoms with Crippen molar-refractivity contribution in [2.24, 2.45) is 0 Å². The van der Waals surface area contributed by atoms with Gasteiger partial charge < -0.3 is 11.1 Å². The van der Waals surface area contributed by atoms with E-state index >= 15 is 0 Å². The molecule has 0 spiro atoms. The topological polar surface area (TPSA) is 63.8 Å².